The SMILES string of the molecule is Cc1sc2nc(CCNC(=O)CCn3cnnn3)[nH]c(=O)c2c1C. The maximum atomic E-state index is 12.2. The monoisotopic (exact) mass is 347 g/mol. The summed E-state index contributed by atoms with van der Waals surface area (Å²) >= 11 is 1.51. The first-order chi connectivity index (χ1) is 11.5. The first-order valence-corrected chi connectivity index (χ1v) is 8.32. The third-order valence-corrected chi connectivity index (χ3v) is 4.83. The van der Waals surface area contributed by atoms with Crippen LogP contribution in [-0.4, -0.2) is 42.6 Å². The Morgan fingerprint density at radius 2 is 2.25 bits per heavy atom. The van der Waals surface area contributed by atoms with E-state index in [-0.39, 0.29) is 17.9 Å². The quantitative estimate of drug-likeness (QED) is 0.664. The molecule has 0 bridgehead atoms. The second-order valence-electron chi connectivity index (χ2n) is 5.40. The van der Waals surface area contributed by atoms with E-state index in [1.807, 2.05) is 13.8 Å². The first-order valence-electron chi connectivity index (χ1n) is 7.51. The number of aromatic amines is 1. The van der Waals surface area contributed by atoms with Gasteiger partial charge in [0.05, 0.1) is 11.9 Å². The molecular weight excluding hydrogens is 330 g/mol. The Hall–Kier alpha value is -2.62. The third-order valence-electron chi connectivity index (χ3n) is 3.73. The van der Waals surface area contributed by atoms with Crippen molar-refractivity contribution in [3.05, 3.63) is 32.9 Å². The van der Waals surface area contributed by atoms with E-state index >= 15 is 0 Å². The van der Waals surface area contributed by atoms with Crippen molar-refractivity contribution in [3.63, 3.8) is 0 Å². The number of fused-ring (bicyclic) bond motifs is 1. The fraction of sp³-hybridized carbons (Fsp3) is 0.429. The number of nitrogens with one attached hydrogen (secondary N) is 2. The minimum atomic E-state index is -0.123. The highest BCUT2D eigenvalue weighted by molar-refractivity contribution is 7.18. The third kappa shape index (κ3) is 3.48. The molecule has 0 aliphatic carbocycles. The highest BCUT2D eigenvalue weighted by atomic mass is 32.1. The van der Waals surface area contributed by atoms with Crippen LogP contribution in [0.25, 0.3) is 10.2 Å². The summed E-state index contributed by atoms with van der Waals surface area (Å²) in [5.74, 6) is 0.478. The number of nitrogens with zero attached hydrogens (tertiary/aromatic N) is 5. The van der Waals surface area contributed by atoms with E-state index in [1.165, 1.54) is 22.3 Å². The molecule has 24 heavy (non-hydrogen) atoms. The standard InChI is InChI=1S/C14H17N7O2S/c1-8-9(2)24-14-12(8)13(23)17-10(18-14)3-5-15-11(22)4-6-21-7-16-19-20-21/h7H,3-6H2,1-2H3,(H,15,22)(H,17,18,23). The Morgan fingerprint density at radius 3 is 3.00 bits per heavy atom. The normalized spacial score (nSPS) is 11.1. The summed E-state index contributed by atoms with van der Waals surface area (Å²) < 4.78 is 1.49. The Morgan fingerprint density at radius 1 is 1.42 bits per heavy atom. The number of aryl methyl sites for hydroxylation is 3. The van der Waals surface area contributed by atoms with Crippen LogP contribution in [0.5, 0.6) is 0 Å². The molecule has 0 saturated carbocycles. The molecule has 9 nitrogen and oxygen atoms in total. The topological polar surface area (TPSA) is 118 Å². The van der Waals surface area contributed by atoms with E-state index in [1.54, 1.807) is 0 Å². The molecule has 0 aliphatic heterocycles. The van der Waals surface area contributed by atoms with Crippen LogP contribution in [0.2, 0.25) is 0 Å². The fourth-order valence-electron chi connectivity index (χ4n) is 2.33. The molecule has 10 heteroatoms. The molecule has 0 radical (unpaired) electrons. The summed E-state index contributed by atoms with van der Waals surface area (Å²) in [6.45, 7) is 4.74. The van der Waals surface area contributed by atoms with Crippen LogP contribution in [0, 0.1) is 13.8 Å². The fourth-order valence-corrected chi connectivity index (χ4v) is 3.37. The van der Waals surface area contributed by atoms with Gasteiger partial charge in [-0.05, 0) is 29.8 Å². The number of rotatable bonds is 6. The van der Waals surface area contributed by atoms with Crippen LogP contribution in [0.1, 0.15) is 22.7 Å². The van der Waals surface area contributed by atoms with Crippen LogP contribution in [0.3, 0.4) is 0 Å². The molecule has 0 aliphatic rings. The molecule has 0 aromatic carbocycles. The zero-order valence-corrected chi connectivity index (χ0v) is 14.2. The van der Waals surface area contributed by atoms with Gasteiger partial charge in [0.25, 0.3) is 5.56 Å². The maximum Gasteiger partial charge on any atom is 0.259 e. The van der Waals surface area contributed by atoms with Crippen molar-refractivity contribution in [3.8, 4) is 0 Å². The van der Waals surface area contributed by atoms with Crippen molar-refractivity contribution in [2.75, 3.05) is 6.54 Å². The van der Waals surface area contributed by atoms with Gasteiger partial charge in [-0.1, -0.05) is 0 Å². The molecule has 3 heterocycles. The minimum Gasteiger partial charge on any atom is -0.356 e. The molecule has 0 atom stereocenters. The number of carbonyl (C=O) groups excluding carboxylic acids is 1. The van der Waals surface area contributed by atoms with Gasteiger partial charge >= 0.3 is 0 Å². The van der Waals surface area contributed by atoms with Crippen molar-refractivity contribution in [1.29, 1.82) is 0 Å². The predicted octanol–water partition coefficient (Wildman–Crippen LogP) is 0.337. The minimum absolute atomic E-state index is 0.100. The van der Waals surface area contributed by atoms with E-state index in [0.717, 1.165) is 15.3 Å². The lowest BCUT2D eigenvalue weighted by molar-refractivity contribution is -0.121. The second kappa shape index (κ2) is 6.87. The van der Waals surface area contributed by atoms with Crippen LogP contribution >= 0.6 is 11.3 Å². The van der Waals surface area contributed by atoms with Crippen LogP contribution in [0.4, 0.5) is 0 Å². The molecule has 2 N–H and O–H groups in total. The predicted molar refractivity (Wildman–Crippen MR) is 88.9 cm³/mol. The van der Waals surface area contributed by atoms with E-state index in [2.05, 4.69) is 30.8 Å². The molecule has 3 rings (SSSR count). The van der Waals surface area contributed by atoms with E-state index in [9.17, 15) is 9.59 Å². The van der Waals surface area contributed by atoms with E-state index in [4.69, 9.17) is 0 Å². The summed E-state index contributed by atoms with van der Waals surface area (Å²) in [7, 11) is 0. The summed E-state index contributed by atoms with van der Waals surface area (Å²) in [6, 6.07) is 0. The molecule has 0 saturated heterocycles. The summed E-state index contributed by atoms with van der Waals surface area (Å²) in [6.07, 6.45) is 2.22. The van der Waals surface area contributed by atoms with Crippen molar-refractivity contribution < 1.29 is 4.79 Å². The summed E-state index contributed by atoms with van der Waals surface area (Å²) in [5, 5.41) is 14.2. The van der Waals surface area contributed by atoms with Gasteiger partial charge < -0.3 is 10.3 Å². The first kappa shape index (κ1) is 16.2. The lowest BCUT2D eigenvalue weighted by atomic mass is 10.2. The van der Waals surface area contributed by atoms with Gasteiger partial charge in [0, 0.05) is 24.3 Å². The number of hydrogen-bond donors (Lipinski definition) is 2. The molecule has 0 spiro atoms. The number of H-pyrrole nitrogens is 1. The molecule has 1 amide bonds. The van der Waals surface area contributed by atoms with Crippen LogP contribution < -0.4 is 10.9 Å². The van der Waals surface area contributed by atoms with Gasteiger partial charge in [0.1, 0.15) is 17.0 Å². The number of hydrogen-bond acceptors (Lipinski definition) is 7. The zero-order chi connectivity index (χ0) is 17.1. The smallest absolute Gasteiger partial charge is 0.259 e. The van der Waals surface area contributed by atoms with Gasteiger partial charge in [0.2, 0.25) is 5.91 Å². The highest BCUT2D eigenvalue weighted by Gasteiger charge is 2.12. The van der Waals surface area contributed by atoms with Gasteiger partial charge in [-0.2, -0.15) is 0 Å². The second-order valence-corrected chi connectivity index (χ2v) is 6.60. The average molecular weight is 347 g/mol. The van der Waals surface area contributed by atoms with Gasteiger partial charge in [0.15, 0.2) is 0 Å². The summed E-state index contributed by atoms with van der Waals surface area (Å²) in [4.78, 5) is 33.0. The van der Waals surface area contributed by atoms with Gasteiger partial charge in [-0.25, -0.2) is 9.67 Å². The van der Waals surface area contributed by atoms with Crippen LogP contribution in [0.15, 0.2) is 11.1 Å². The van der Waals surface area contributed by atoms with E-state index < -0.39 is 0 Å². The maximum absolute atomic E-state index is 12.2. The highest BCUT2D eigenvalue weighted by Crippen LogP contribution is 2.25. The number of amides is 1. The number of carbonyl (C=O) groups is 1. The Balaban J connectivity index is 1.56. The molecule has 3 aromatic heterocycles. The Kier molecular flexibility index (Phi) is 4.65. The molecule has 3 aromatic rings. The number of tetrazole rings is 1. The van der Waals surface area contributed by atoms with Crippen molar-refractivity contribution in [2.24, 2.45) is 0 Å². The Labute approximate surface area is 141 Å². The van der Waals surface area contributed by atoms with E-state index in [0.29, 0.717) is 30.7 Å². The molecular formula is C14H17N7O2S. The van der Waals surface area contributed by atoms with Gasteiger partial charge in [-0.3, -0.25) is 9.59 Å². The molecule has 0 unspecified atom stereocenters. The molecule has 126 valence electrons. The van der Waals surface area contributed by atoms with Crippen molar-refractivity contribution in [1.82, 2.24) is 35.5 Å². The lowest BCUT2D eigenvalue weighted by Gasteiger charge is -2.05. The van der Waals surface area contributed by atoms with Crippen molar-refractivity contribution in [2.45, 2.75) is 33.2 Å². The van der Waals surface area contributed by atoms with Crippen LogP contribution in [-0.2, 0) is 17.8 Å². The van der Waals surface area contributed by atoms with Crippen molar-refractivity contribution >= 4 is 27.5 Å². The number of aromatic nitrogens is 6. The van der Waals surface area contributed by atoms with Gasteiger partial charge in [-0.15, -0.1) is 16.4 Å². The summed E-state index contributed by atoms with van der Waals surface area (Å²) in [5.41, 5.74) is 0.855. The largest absolute Gasteiger partial charge is 0.356 e. The number of thiophene rings is 1. The zero-order valence-electron chi connectivity index (χ0n) is 13.4. The molecule has 0 fully saturated rings. The Bertz CT molecular complexity index is 913. The average Bonchev–Trinajstić information content (AvgIpc) is 3.14. The lowest BCUT2D eigenvalue weighted by Crippen LogP contribution is -2.27.